The standard InChI is InChI=1S/C28H21N5O6S/c1-38-26(36)16-12-17(27(37)39-2)14-18(13-16)29-25(35)22-15-23(20-10-6-7-11-21(20)24(22)34)40-28-30-31-32-33(28)19-8-4-3-5-9-19/h3-15,34H,1-2H3,(H,29,35). The molecule has 2 N–H and O–H groups in total. The van der Waals surface area contributed by atoms with E-state index in [1.807, 2.05) is 42.5 Å². The van der Waals surface area contributed by atoms with Crippen LogP contribution in [0.4, 0.5) is 5.69 Å². The lowest BCUT2D eigenvalue weighted by molar-refractivity contribution is 0.0598. The highest BCUT2D eigenvalue weighted by Gasteiger charge is 2.21. The molecule has 0 unspecified atom stereocenters. The summed E-state index contributed by atoms with van der Waals surface area (Å²) in [5.74, 6) is -2.32. The number of tetrazole rings is 1. The topological polar surface area (TPSA) is 146 Å². The minimum absolute atomic E-state index is 0.0347. The molecule has 11 nitrogen and oxygen atoms in total. The van der Waals surface area contributed by atoms with Crippen LogP contribution in [0.15, 0.2) is 88.9 Å². The molecule has 0 bridgehead atoms. The Labute approximate surface area is 231 Å². The highest BCUT2D eigenvalue weighted by atomic mass is 32.2. The zero-order valence-corrected chi connectivity index (χ0v) is 22.0. The second kappa shape index (κ2) is 11.3. The number of aromatic nitrogens is 4. The van der Waals surface area contributed by atoms with Crippen LogP contribution < -0.4 is 5.32 Å². The first-order valence-electron chi connectivity index (χ1n) is 11.8. The van der Waals surface area contributed by atoms with E-state index in [1.54, 1.807) is 16.8 Å². The number of nitrogens with one attached hydrogen (secondary N) is 1. The molecule has 0 fully saturated rings. The third-order valence-electron chi connectivity index (χ3n) is 5.90. The van der Waals surface area contributed by atoms with Crippen LogP contribution in [0, 0.1) is 0 Å². The minimum Gasteiger partial charge on any atom is -0.506 e. The maximum absolute atomic E-state index is 13.5. The Kier molecular flexibility index (Phi) is 7.42. The summed E-state index contributed by atoms with van der Waals surface area (Å²) in [6.45, 7) is 0. The summed E-state index contributed by atoms with van der Waals surface area (Å²) in [6, 6.07) is 22.0. The molecule has 0 aliphatic carbocycles. The van der Waals surface area contributed by atoms with Crippen molar-refractivity contribution in [3.05, 3.63) is 95.6 Å². The van der Waals surface area contributed by atoms with Crippen molar-refractivity contribution < 1.29 is 29.0 Å². The molecule has 4 aromatic carbocycles. The zero-order valence-electron chi connectivity index (χ0n) is 21.2. The van der Waals surface area contributed by atoms with Crippen LogP contribution in [0.25, 0.3) is 16.5 Å². The van der Waals surface area contributed by atoms with Gasteiger partial charge in [-0.05, 0) is 64.0 Å². The summed E-state index contributed by atoms with van der Waals surface area (Å²) in [7, 11) is 2.40. The predicted molar refractivity (Wildman–Crippen MR) is 146 cm³/mol. The van der Waals surface area contributed by atoms with Crippen molar-refractivity contribution in [3.63, 3.8) is 0 Å². The Bertz CT molecular complexity index is 1720. The quantitative estimate of drug-likeness (QED) is 0.275. The second-order valence-corrected chi connectivity index (χ2v) is 9.37. The summed E-state index contributed by atoms with van der Waals surface area (Å²) in [5, 5.41) is 27.3. The number of methoxy groups -OCH3 is 2. The maximum atomic E-state index is 13.5. The number of phenolic OH excluding ortho intramolecular Hbond substituents is 1. The number of amides is 1. The highest BCUT2D eigenvalue weighted by molar-refractivity contribution is 7.99. The number of ether oxygens (including phenoxy) is 2. The number of phenols is 1. The number of hydrogen-bond donors (Lipinski definition) is 2. The number of para-hydroxylation sites is 1. The summed E-state index contributed by atoms with van der Waals surface area (Å²) in [6.07, 6.45) is 0. The van der Waals surface area contributed by atoms with Gasteiger partial charge in [0.1, 0.15) is 5.75 Å². The fourth-order valence-electron chi connectivity index (χ4n) is 4.03. The monoisotopic (exact) mass is 555 g/mol. The third kappa shape index (κ3) is 5.20. The van der Waals surface area contributed by atoms with E-state index in [0.717, 1.165) is 5.69 Å². The van der Waals surface area contributed by atoms with E-state index in [1.165, 1.54) is 50.2 Å². The summed E-state index contributed by atoms with van der Waals surface area (Å²) in [5.41, 5.74) is 0.911. The number of fused-ring (bicyclic) bond motifs is 1. The number of carbonyl (C=O) groups is 3. The largest absolute Gasteiger partial charge is 0.506 e. The molecule has 0 atom stereocenters. The van der Waals surface area contributed by atoms with Crippen molar-refractivity contribution in [2.45, 2.75) is 10.1 Å². The Morgan fingerprint density at radius 1 is 0.850 bits per heavy atom. The van der Waals surface area contributed by atoms with Crippen molar-refractivity contribution in [2.75, 3.05) is 19.5 Å². The van der Waals surface area contributed by atoms with Gasteiger partial charge in [-0.15, -0.1) is 5.10 Å². The van der Waals surface area contributed by atoms with Gasteiger partial charge in [0.15, 0.2) is 0 Å². The van der Waals surface area contributed by atoms with Crippen LogP contribution in [0.1, 0.15) is 31.1 Å². The molecule has 12 heteroatoms. The third-order valence-corrected chi connectivity index (χ3v) is 6.89. The number of nitrogens with zero attached hydrogens (tertiary/aromatic N) is 4. The molecule has 0 saturated heterocycles. The molecule has 200 valence electrons. The van der Waals surface area contributed by atoms with Crippen LogP contribution in [0.5, 0.6) is 5.75 Å². The van der Waals surface area contributed by atoms with E-state index >= 15 is 0 Å². The van der Waals surface area contributed by atoms with E-state index in [2.05, 4.69) is 20.8 Å². The Hall–Kier alpha value is -5.23. The number of rotatable bonds is 7. The average molecular weight is 556 g/mol. The molecule has 1 heterocycles. The lowest BCUT2D eigenvalue weighted by atomic mass is 10.0. The minimum atomic E-state index is -0.704. The van der Waals surface area contributed by atoms with Crippen LogP contribution >= 0.6 is 11.8 Å². The first-order valence-corrected chi connectivity index (χ1v) is 12.6. The van der Waals surface area contributed by atoms with Gasteiger partial charge in [0, 0.05) is 16.0 Å². The first kappa shape index (κ1) is 26.4. The number of carbonyl (C=O) groups excluding carboxylic acids is 3. The van der Waals surface area contributed by atoms with Crippen LogP contribution in [-0.2, 0) is 9.47 Å². The molecular formula is C28H21N5O6S. The molecule has 1 amide bonds. The highest BCUT2D eigenvalue weighted by Crippen LogP contribution is 2.39. The van der Waals surface area contributed by atoms with E-state index < -0.39 is 17.8 Å². The van der Waals surface area contributed by atoms with Gasteiger partial charge < -0.3 is 19.9 Å². The number of hydrogen-bond acceptors (Lipinski definition) is 10. The Morgan fingerprint density at radius 2 is 1.48 bits per heavy atom. The number of esters is 2. The van der Waals surface area contributed by atoms with Gasteiger partial charge >= 0.3 is 11.9 Å². The smallest absolute Gasteiger partial charge is 0.337 e. The maximum Gasteiger partial charge on any atom is 0.337 e. The van der Waals surface area contributed by atoms with Crippen molar-refractivity contribution in [1.82, 2.24) is 20.2 Å². The van der Waals surface area contributed by atoms with Crippen LogP contribution in [0.2, 0.25) is 0 Å². The van der Waals surface area contributed by atoms with Gasteiger partial charge in [0.25, 0.3) is 5.91 Å². The first-order chi connectivity index (χ1) is 19.4. The molecule has 0 saturated carbocycles. The SMILES string of the molecule is COC(=O)c1cc(NC(=O)c2cc(Sc3nnnn3-c3ccccc3)c3ccccc3c2O)cc(C(=O)OC)c1. The molecule has 0 spiro atoms. The molecule has 1 aromatic heterocycles. The van der Waals surface area contributed by atoms with E-state index in [0.29, 0.717) is 20.8 Å². The van der Waals surface area contributed by atoms with Gasteiger partial charge in [0.2, 0.25) is 5.16 Å². The zero-order chi connectivity index (χ0) is 28.2. The van der Waals surface area contributed by atoms with Crippen molar-refractivity contribution in [2.24, 2.45) is 0 Å². The van der Waals surface area contributed by atoms with Crippen LogP contribution in [-0.4, -0.2) is 57.4 Å². The predicted octanol–water partition coefficient (Wildman–Crippen LogP) is 4.50. The average Bonchev–Trinajstić information content (AvgIpc) is 3.46. The second-order valence-electron chi connectivity index (χ2n) is 8.36. The molecule has 0 radical (unpaired) electrons. The molecule has 5 rings (SSSR count). The van der Waals surface area contributed by atoms with Crippen molar-refractivity contribution in [3.8, 4) is 11.4 Å². The number of anilines is 1. The van der Waals surface area contributed by atoms with Gasteiger partial charge in [0.05, 0.1) is 36.6 Å². The van der Waals surface area contributed by atoms with Crippen molar-refractivity contribution >= 4 is 46.1 Å². The van der Waals surface area contributed by atoms with E-state index in [4.69, 9.17) is 9.47 Å². The Morgan fingerprint density at radius 3 is 2.12 bits per heavy atom. The fraction of sp³-hybridized carbons (Fsp3) is 0.0714. The Balaban J connectivity index is 1.55. The normalized spacial score (nSPS) is 10.8. The van der Waals surface area contributed by atoms with Gasteiger partial charge in [-0.3, -0.25) is 4.79 Å². The number of aromatic hydroxyl groups is 1. The molecule has 40 heavy (non-hydrogen) atoms. The lowest BCUT2D eigenvalue weighted by Gasteiger charge is -2.14. The molecule has 5 aromatic rings. The van der Waals surface area contributed by atoms with Gasteiger partial charge in [-0.2, -0.15) is 4.68 Å². The lowest BCUT2D eigenvalue weighted by Crippen LogP contribution is -2.15. The summed E-state index contributed by atoms with van der Waals surface area (Å²) >= 11 is 1.22. The van der Waals surface area contributed by atoms with E-state index in [-0.39, 0.29) is 28.1 Å². The van der Waals surface area contributed by atoms with E-state index in [9.17, 15) is 19.5 Å². The van der Waals surface area contributed by atoms with Gasteiger partial charge in [-0.1, -0.05) is 42.5 Å². The molecule has 0 aliphatic rings. The summed E-state index contributed by atoms with van der Waals surface area (Å²) < 4.78 is 11.1. The van der Waals surface area contributed by atoms with Crippen LogP contribution in [0.3, 0.4) is 0 Å². The fourth-order valence-corrected chi connectivity index (χ4v) is 4.99. The van der Waals surface area contributed by atoms with Gasteiger partial charge in [-0.25, -0.2) is 9.59 Å². The number of benzene rings is 4. The summed E-state index contributed by atoms with van der Waals surface area (Å²) in [4.78, 5) is 38.4. The molecular weight excluding hydrogens is 534 g/mol. The van der Waals surface area contributed by atoms with Crippen molar-refractivity contribution in [1.29, 1.82) is 0 Å². The molecule has 0 aliphatic heterocycles.